The Morgan fingerprint density at radius 2 is 1.84 bits per heavy atom. The lowest BCUT2D eigenvalue weighted by Crippen LogP contribution is -2.46. The second-order valence-electron chi connectivity index (χ2n) is 7.00. The maximum atomic E-state index is 13.1. The highest BCUT2D eigenvalue weighted by molar-refractivity contribution is 7.91. The average molecular weight is 368 g/mol. The number of carbonyl (C=O) groups excluding carboxylic acids is 1. The Hall–Kier alpha value is -1.47. The minimum atomic E-state index is -3.01. The molecule has 138 valence electrons. The van der Waals surface area contributed by atoms with Crippen LogP contribution in [0.1, 0.15) is 31.7 Å². The van der Waals surface area contributed by atoms with Crippen LogP contribution in [0.3, 0.4) is 0 Å². The van der Waals surface area contributed by atoms with Crippen molar-refractivity contribution in [2.75, 3.05) is 24.6 Å². The lowest BCUT2D eigenvalue weighted by atomic mass is 10.2. The summed E-state index contributed by atoms with van der Waals surface area (Å²) < 4.78 is 36.5. The van der Waals surface area contributed by atoms with E-state index in [0.29, 0.717) is 25.6 Å². The van der Waals surface area contributed by atoms with Crippen molar-refractivity contribution in [3.05, 3.63) is 35.6 Å². The molecule has 1 amide bonds. The van der Waals surface area contributed by atoms with Crippen molar-refractivity contribution in [1.29, 1.82) is 0 Å². The molecule has 1 saturated carbocycles. The highest BCUT2D eigenvalue weighted by Crippen LogP contribution is 2.28. The van der Waals surface area contributed by atoms with Gasteiger partial charge in [0.15, 0.2) is 9.84 Å². The molecular formula is C18H25FN2O3S. The zero-order valence-electron chi connectivity index (χ0n) is 14.5. The summed E-state index contributed by atoms with van der Waals surface area (Å²) in [6.07, 6.45) is 2.67. The van der Waals surface area contributed by atoms with Gasteiger partial charge in [-0.05, 0) is 43.9 Å². The first-order valence-corrected chi connectivity index (χ1v) is 10.7. The Labute approximate surface area is 148 Å². The zero-order valence-corrected chi connectivity index (χ0v) is 15.3. The van der Waals surface area contributed by atoms with E-state index in [-0.39, 0.29) is 35.8 Å². The number of amides is 1. The number of rotatable bonds is 7. The van der Waals surface area contributed by atoms with Crippen molar-refractivity contribution >= 4 is 15.7 Å². The van der Waals surface area contributed by atoms with Gasteiger partial charge in [-0.1, -0.05) is 12.1 Å². The molecule has 2 fully saturated rings. The van der Waals surface area contributed by atoms with Crippen LogP contribution >= 0.6 is 0 Å². The van der Waals surface area contributed by atoms with E-state index >= 15 is 0 Å². The molecule has 1 aliphatic heterocycles. The molecule has 1 aromatic rings. The molecule has 1 aromatic carbocycles. The van der Waals surface area contributed by atoms with Crippen molar-refractivity contribution < 1.29 is 17.6 Å². The van der Waals surface area contributed by atoms with E-state index in [1.165, 1.54) is 12.1 Å². The van der Waals surface area contributed by atoms with Crippen LogP contribution in [0.25, 0.3) is 0 Å². The summed E-state index contributed by atoms with van der Waals surface area (Å²) in [4.78, 5) is 16.6. The fourth-order valence-electron chi connectivity index (χ4n) is 3.50. The van der Waals surface area contributed by atoms with Gasteiger partial charge in [-0.3, -0.25) is 9.69 Å². The number of benzene rings is 1. The summed E-state index contributed by atoms with van der Waals surface area (Å²) in [5, 5.41) is 0. The molecule has 2 aliphatic rings. The van der Waals surface area contributed by atoms with E-state index < -0.39 is 9.84 Å². The van der Waals surface area contributed by atoms with Gasteiger partial charge in [0.25, 0.3) is 0 Å². The Bertz CT molecular complexity index is 716. The fourth-order valence-corrected chi connectivity index (χ4v) is 5.23. The third-order valence-corrected chi connectivity index (χ3v) is 6.76. The minimum absolute atomic E-state index is 0.0152. The third kappa shape index (κ3) is 4.79. The molecule has 0 aromatic heterocycles. The summed E-state index contributed by atoms with van der Waals surface area (Å²) in [7, 11) is -3.01. The second-order valence-corrected chi connectivity index (χ2v) is 9.23. The maximum Gasteiger partial charge on any atom is 0.237 e. The summed E-state index contributed by atoms with van der Waals surface area (Å²) in [5.74, 6) is -0.0341. The van der Waals surface area contributed by atoms with Crippen molar-refractivity contribution in [2.45, 2.75) is 44.8 Å². The number of halogens is 1. The van der Waals surface area contributed by atoms with Crippen molar-refractivity contribution in [2.24, 2.45) is 0 Å². The highest BCUT2D eigenvalue weighted by atomic mass is 32.2. The van der Waals surface area contributed by atoms with Gasteiger partial charge in [-0.15, -0.1) is 0 Å². The van der Waals surface area contributed by atoms with Gasteiger partial charge in [0.1, 0.15) is 5.82 Å². The summed E-state index contributed by atoms with van der Waals surface area (Å²) in [6, 6.07) is 6.55. The molecule has 3 rings (SSSR count). The molecule has 1 heterocycles. The van der Waals surface area contributed by atoms with E-state index in [0.717, 1.165) is 18.4 Å². The van der Waals surface area contributed by atoms with E-state index in [2.05, 4.69) is 4.90 Å². The maximum absolute atomic E-state index is 13.1. The lowest BCUT2D eigenvalue weighted by molar-refractivity contribution is -0.134. The number of sulfone groups is 1. The van der Waals surface area contributed by atoms with Crippen LogP contribution in [0.5, 0.6) is 0 Å². The average Bonchev–Trinajstić information content (AvgIpc) is 3.34. The molecule has 1 saturated heterocycles. The fraction of sp³-hybridized carbons (Fsp3) is 0.611. The first kappa shape index (κ1) is 18.3. The molecule has 5 nitrogen and oxygen atoms in total. The van der Waals surface area contributed by atoms with E-state index in [1.54, 1.807) is 17.0 Å². The van der Waals surface area contributed by atoms with Crippen LogP contribution in [0.4, 0.5) is 4.39 Å². The van der Waals surface area contributed by atoms with Crippen LogP contribution in [-0.2, 0) is 21.2 Å². The first-order valence-electron chi connectivity index (χ1n) is 8.86. The Kier molecular flexibility index (Phi) is 5.43. The summed E-state index contributed by atoms with van der Waals surface area (Å²) in [6.45, 7) is 3.31. The Morgan fingerprint density at radius 1 is 1.16 bits per heavy atom. The SMILES string of the molecule is CCN(C(=O)CN(Cc1ccc(F)cc1)C1CC1)C1CCS(=O)(=O)C1. The number of nitrogens with zero attached hydrogens (tertiary/aromatic N) is 2. The number of carbonyl (C=O) groups is 1. The normalized spacial score (nSPS) is 22.3. The lowest BCUT2D eigenvalue weighted by Gasteiger charge is -2.30. The molecule has 1 aliphatic carbocycles. The van der Waals surface area contributed by atoms with Gasteiger partial charge in [0.05, 0.1) is 18.1 Å². The van der Waals surface area contributed by atoms with E-state index in [9.17, 15) is 17.6 Å². The van der Waals surface area contributed by atoms with Gasteiger partial charge in [0, 0.05) is 25.2 Å². The van der Waals surface area contributed by atoms with Crippen LogP contribution in [0.15, 0.2) is 24.3 Å². The summed E-state index contributed by atoms with van der Waals surface area (Å²) in [5.41, 5.74) is 0.979. The topological polar surface area (TPSA) is 57.7 Å². The van der Waals surface area contributed by atoms with Crippen LogP contribution < -0.4 is 0 Å². The van der Waals surface area contributed by atoms with Crippen LogP contribution in [0.2, 0.25) is 0 Å². The van der Waals surface area contributed by atoms with Crippen LogP contribution in [0, 0.1) is 5.82 Å². The molecule has 0 bridgehead atoms. The predicted molar refractivity (Wildman–Crippen MR) is 94.3 cm³/mol. The molecular weight excluding hydrogens is 343 g/mol. The van der Waals surface area contributed by atoms with Gasteiger partial charge < -0.3 is 4.90 Å². The van der Waals surface area contributed by atoms with Crippen molar-refractivity contribution in [3.63, 3.8) is 0 Å². The molecule has 1 unspecified atom stereocenters. The largest absolute Gasteiger partial charge is 0.338 e. The minimum Gasteiger partial charge on any atom is -0.338 e. The molecule has 0 N–H and O–H groups in total. The number of likely N-dealkylation sites (N-methyl/N-ethyl adjacent to an activating group) is 1. The van der Waals surface area contributed by atoms with Gasteiger partial charge in [-0.25, -0.2) is 12.8 Å². The van der Waals surface area contributed by atoms with E-state index in [1.807, 2.05) is 6.92 Å². The van der Waals surface area contributed by atoms with Gasteiger partial charge in [-0.2, -0.15) is 0 Å². The second kappa shape index (κ2) is 7.41. The van der Waals surface area contributed by atoms with Gasteiger partial charge in [0.2, 0.25) is 5.91 Å². The number of hydrogen-bond donors (Lipinski definition) is 0. The van der Waals surface area contributed by atoms with Crippen LogP contribution in [-0.4, -0.2) is 60.8 Å². The standard InChI is InChI=1S/C18H25FN2O3S/c1-2-21(17-9-10-25(23,24)13-17)18(22)12-20(16-7-8-16)11-14-3-5-15(19)6-4-14/h3-6,16-17H,2,7-13H2,1H3. The van der Waals surface area contributed by atoms with Crippen molar-refractivity contribution in [3.8, 4) is 0 Å². The predicted octanol–water partition coefficient (Wildman–Crippen LogP) is 1.83. The third-order valence-electron chi connectivity index (χ3n) is 5.01. The summed E-state index contributed by atoms with van der Waals surface area (Å²) >= 11 is 0. The zero-order chi connectivity index (χ0) is 18.0. The Morgan fingerprint density at radius 3 is 2.36 bits per heavy atom. The molecule has 0 radical (unpaired) electrons. The van der Waals surface area contributed by atoms with Crippen molar-refractivity contribution in [1.82, 2.24) is 9.80 Å². The monoisotopic (exact) mass is 368 g/mol. The highest BCUT2D eigenvalue weighted by Gasteiger charge is 2.36. The smallest absolute Gasteiger partial charge is 0.237 e. The quantitative estimate of drug-likeness (QED) is 0.737. The molecule has 7 heteroatoms. The Balaban J connectivity index is 1.64. The number of hydrogen-bond acceptors (Lipinski definition) is 4. The van der Waals surface area contributed by atoms with E-state index in [4.69, 9.17) is 0 Å². The van der Waals surface area contributed by atoms with Gasteiger partial charge >= 0.3 is 0 Å². The molecule has 25 heavy (non-hydrogen) atoms. The first-order chi connectivity index (χ1) is 11.9. The molecule has 1 atom stereocenters. The molecule has 0 spiro atoms.